The lowest BCUT2D eigenvalue weighted by atomic mass is 10.0. The SMILES string of the molecule is C=CC1=C(SC)CCN=C1C1CC1. The van der Waals surface area contributed by atoms with Crippen molar-refractivity contribution in [2.75, 3.05) is 12.8 Å². The van der Waals surface area contributed by atoms with Crippen molar-refractivity contribution in [1.29, 1.82) is 0 Å². The summed E-state index contributed by atoms with van der Waals surface area (Å²) in [5, 5.41) is 0. The highest BCUT2D eigenvalue weighted by molar-refractivity contribution is 8.02. The van der Waals surface area contributed by atoms with Gasteiger partial charge in [0.15, 0.2) is 0 Å². The lowest BCUT2D eigenvalue weighted by Crippen LogP contribution is -2.12. The van der Waals surface area contributed by atoms with Crippen molar-refractivity contribution in [1.82, 2.24) is 0 Å². The molecule has 0 saturated heterocycles. The van der Waals surface area contributed by atoms with E-state index in [-0.39, 0.29) is 0 Å². The van der Waals surface area contributed by atoms with E-state index in [1.165, 1.54) is 29.0 Å². The standard InChI is InChI=1S/C11H15NS/c1-3-9-10(13-2)6-7-12-11(9)8-4-5-8/h3,8H,1,4-7H2,2H3. The Morgan fingerprint density at radius 1 is 1.54 bits per heavy atom. The minimum Gasteiger partial charge on any atom is -0.288 e. The second-order valence-corrected chi connectivity index (χ2v) is 4.44. The summed E-state index contributed by atoms with van der Waals surface area (Å²) < 4.78 is 0. The van der Waals surface area contributed by atoms with Gasteiger partial charge in [-0.2, -0.15) is 0 Å². The molecule has 70 valence electrons. The minimum atomic E-state index is 0.760. The Bertz CT molecular complexity index is 284. The molecule has 0 spiro atoms. The maximum absolute atomic E-state index is 4.62. The van der Waals surface area contributed by atoms with Crippen molar-refractivity contribution in [3.8, 4) is 0 Å². The molecule has 0 amide bonds. The van der Waals surface area contributed by atoms with Crippen LogP contribution in [0.4, 0.5) is 0 Å². The fourth-order valence-corrected chi connectivity index (χ4v) is 2.48. The Morgan fingerprint density at radius 3 is 2.85 bits per heavy atom. The maximum Gasteiger partial charge on any atom is 0.0459 e. The second-order valence-electron chi connectivity index (χ2n) is 3.54. The molecule has 1 saturated carbocycles. The molecular weight excluding hydrogens is 178 g/mol. The highest BCUT2D eigenvalue weighted by Gasteiger charge is 2.31. The van der Waals surface area contributed by atoms with Gasteiger partial charge in [-0.1, -0.05) is 12.7 Å². The average Bonchev–Trinajstić information content (AvgIpc) is 2.99. The van der Waals surface area contributed by atoms with Gasteiger partial charge in [-0.15, -0.1) is 11.8 Å². The van der Waals surface area contributed by atoms with Crippen LogP contribution in [-0.2, 0) is 0 Å². The number of allylic oxidation sites excluding steroid dienone is 2. The van der Waals surface area contributed by atoms with Crippen LogP contribution in [0.1, 0.15) is 19.3 Å². The highest BCUT2D eigenvalue weighted by atomic mass is 32.2. The van der Waals surface area contributed by atoms with Gasteiger partial charge in [0.05, 0.1) is 0 Å². The monoisotopic (exact) mass is 193 g/mol. The van der Waals surface area contributed by atoms with E-state index in [1.54, 1.807) is 0 Å². The van der Waals surface area contributed by atoms with Crippen LogP contribution in [0.25, 0.3) is 0 Å². The van der Waals surface area contributed by atoms with Crippen LogP contribution in [0.15, 0.2) is 28.1 Å². The first-order valence-electron chi connectivity index (χ1n) is 4.81. The van der Waals surface area contributed by atoms with Crippen molar-refractivity contribution in [3.63, 3.8) is 0 Å². The Labute approximate surface area is 84.0 Å². The molecule has 0 radical (unpaired) electrons. The number of dihydropyridines is 1. The van der Waals surface area contributed by atoms with E-state index < -0.39 is 0 Å². The third-order valence-corrected chi connectivity index (χ3v) is 3.53. The first kappa shape index (κ1) is 9.07. The van der Waals surface area contributed by atoms with Crippen LogP contribution in [-0.4, -0.2) is 18.5 Å². The van der Waals surface area contributed by atoms with Gasteiger partial charge in [0.1, 0.15) is 0 Å². The van der Waals surface area contributed by atoms with E-state index >= 15 is 0 Å². The maximum atomic E-state index is 4.62. The van der Waals surface area contributed by atoms with Crippen molar-refractivity contribution >= 4 is 17.5 Å². The van der Waals surface area contributed by atoms with Gasteiger partial charge < -0.3 is 0 Å². The molecule has 0 aromatic carbocycles. The predicted molar refractivity (Wildman–Crippen MR) is 60.4 cm³/mol. The minimum absolute atomic E-state index is 0.760. The average molecular weight is 193 g/mol. The first-order valence-corrected chi connectivity index (χ1v) is 6.03. The van der Waals surface area contributed by atoms with E-state index in [1.807, 2.05) is 17.8 Å². The van der Waals surface area contributed by atoms with Crippen molar-refractivity contribution in [2.24, 2.45) is 10.9 Å². The van der Waals surface area contributed by atoms with Gasteiger partial charge in [-0.3, -0.25) is 4.99 Å². The molecule has 1 aliphatic carbocycles. The molecule has 0 aromatic heterocycles. The van der Waals surface area contributed by atoms with Crippen molar-refractivity contribution in [2.45, 2.75) is 19.3 Å². The van der Waals surface area contributed by atoms with E-state index in [0.29, 0.717) is 0 Å². The third kappa shape index (κ3) is 1.73. The molecule has 2 aliphatic rings. The van der Waals surface area contributed by atoms with Crippen molar-refractivity contribution in [3.05, 3.63) is 23.1 Å². The normalized spacial score (nSPS) is 23.0. The summed E-state index contributed by atoms with van der Waals surface area (Å²) in [6, 6.07) is 0. The zero-order valence-electron chi connectivity index (χ0n) is 8.05. The largest absolute Gasteiger partial charge is 0.288 e. The molecule has 13 heavy (non-hydrogen) atoms. The number of rotatable bonds is 3. The van der Waals surface area contributed by atoms with Crippen LogP contribution in [0.5, 0.6) is 0 Å². The number of thioether (sulfide) groups is 1. The lowest BCUT2D eigenvalue weighted by molar-refractivity contribution is 0.949. The summed E-state index contributed by atoms with van der Waals surface area (Å²) in [7, 11) is 0. The van der Waals surface area contributed by atoms with Crippen LogP contribution >= 0.6 is 11.8 Å². The van der Waals surface area contributed by atoms with Crippen LogP contribution in [0.2, 0.25) is 0 Å². The molecule has 1 nitrogen and oxygen atoms in total. The topological polar surface area (TPSA) is 12.4 Å². The van der Waals surface area contributed by atoms with Crippen LogP contribution in [0, 0.1) is 5.92 Å². The predicted octanol–water partition coefficient (Wildman–Crippen LogP) is 3.04. The summed E-state index contributed by atoms with van der Waals surface area (Å²) >= 11 is 1.85. The Kier molecular flexibility index (Phi) is 2.58. The molecule has 0 bridgehead atoms. The summed E-state index contributed by atoms with van der Waals surface area (Å²) in [6.45, 7) is 4.88. The summed E-state index contributed by atoms with van der Waals surface area (Å²) in [5.74, 6) is 0.760. The third-order valence-electron chi connectivity index (χ3n) is 2.61. The number of aliphatic imine (C=N–C) groups is 1. The number of hydrogen-bond donors (Lipinski definition) is 0. The second kappa shape index (κ2) is 3.70. The molecule has 2 rings (SSSR count). The van der Waals surface area contributed by atoms with E-state index in [9.17, 15) is 0 Å². The fourth-order valence-electron chi connectivity index (χ4n) is 1.78. The van der Waals surface area contributed by atoms with Gasteiger partial charge in [0.25, 0.3) is 0 Å². The fraction of sp³-hybridized carbons (Fsp3) is 0.545. The molecule has 2 heteroatoms. The van der Waals surface area contributed by atoms with Gasteiger partial charge in [-0.25, -0.2) is 0 Å². The highest BCUT2D eigenvalue weighted by Crippen LogP contribution is 2.38. The lowest BCUT2D eigenvalue weighted by Gasteiger charge is -2.17. The molecule has 1 fully saturated rings. The van der Waals surface area contributed by atoms with Gasteiger partial charge in [0, 0.05) is 23.7 Å². The Balaban J connectivity index is 2.29. The smallest absolute Gasteiger partial charge is 0.0459 e. The van der Waals surface area contributed by atoms with E-state index in [4.69, 9.17) is 0 Å². The molecule has 0 unspecified atom stereocenters. The summed E-state index contributed by atoms with van der Waals surface area (Å²) in [6.07, 6.45) is 7.91. The Hall–Kier alpha value is -0.500. The van der Waals surface area contributed by atoms with E-state index in [0.717, 1.165) is 18.9 Å². The van der Waals surface area contributed by atoms with E-state index in [2.05, 4.69) is 17.8 Å². The molecular formula is C11H15NS. The molecule has 0 N–H and O–H groups in total. The quantitative estimate of drug-likeness (QED) is 0.671. The van der Waals surface area contributed by atoms with Gasteiger partial charge >= 0.3 is 0 Å². The molecule has 0 atom stereocenters. The van der Waals surface area contributed by atoms with Crippen LogP contribution < -0.4 is 0 Å². The Morgan fingerprint density at radius 2 is 2.31 bits per heavy atom. The van der Waals surface area contributed by atoms with Crippen molar-refractivity contribution < 1.29 is 0 Å². The number of hydrogen-bond acceptors (Lipinski definition) is 2. The molecule has 1 heterocycles. The molecule has 1 aliphatic heterocycles. The summed E-state index contributed by atoms with van der Waals surface area (Å²) in [5.41, 5.74) is 2.67. The summed E-state index contributed by atoms with van der Waals surface area (Å²) in [4.78, 5) is 6.09. The zero-order chi connectivity index (χ0) is 9.26. The van der Waals surface area contributed by atoms with Gasteiger partial charge in [-0.05, 0) is 30.4 Å². The van der Waals surface area contributed by atoms with Gasteiger partial charge in [0.2, 0.25) is 0 Å². The number of nitrogens with zero attached hydrogens (tertiary/aromatic N) is 1. The first-order chi connectivity index (χ1) is 6.36. The zero-order valence-corrected chi connectivity index (χ0v) is 8.86. The molecule has 0 aromatic rings. The van der Waals surface area contributed by atoms with Crippen LogP contribution in [0.3, 0.4) is 0 Å².